The maximum absolute atomic E-state index is 12.0. The van der Waals surface area contributed by atoms with Crippen LogP contribution < -0.4 is 5.32 Å². The van der Waals surface area contributed by atoms with E-state index in [-0.39, 0.29) is 17.9 Å². The molecule has 0 saturated heterocycles. The van der Waals surface area contributed by atoms with Crippen LogP contribution >= 0.6 is 0 Å². The van der Waals surface area contributed by atoms with Crippen LogP contribution in [0.5, 0.6) is 0 Å². The van der Waals surface area contributed by atoms with E-state index in [2.05, 4.69) is 15.6 Å². The average Bonchev–Trinajstić information content (AvgIpc) is 3.12. The molecular weight excluding hydrogens is 260 g/mol. The first-order valence-corrected chi connectivity index (χ1v) is 7.01. The molecule has 2 fully saturated rings. The summed E-state index contributed by atoms with van der Waals surface area (Å²) in [4.78, 5) is 23.3. The molecule has 4 unspecified atom stereocenters. The Morgan fingerprint density at radius 3 is 2.85 bits per heavy atom. The van der Waals surface area contributed by atoms with Crippen LogP contribution in [0.1, 0.15) is 25.7 Å². The molecule has 2 aliphatic rings. The van der Waals surface area contributed by atoms with Crippen molar-refractivity contribution in [2.75, 3.05) is 0 Å². The molecule has 0 spiro atoms. The van der Waals surface area contributed by atoms with Crippen molar-refractivity contribution >= 4 is 11.9 Å². The second-order valence-electron chi connectivity index (χ2n) is 5.71. The van der Waals surface area contributed by atoms with Crippen LogP contribution in [-0.4, -0.2) is 38.0 Å². The zero-order chi connectivity index (χ0) is 14.1. The Kier molecular flexibility index (Phi) is 3.42. The highest BCUT2D eigenvalue weighted by Crippen LogP contribution is 2.48. The van der Waals surface area contributed by atoms with Crippen molar-refractivity contribution < 1.29 is 14.7 Å². The van der Waals surface area contributed by atoms with Gasteiger partial charge in [-0.3, -0.25) is 14.3 Å². The summed E-state index contributed by atoms with van der Waals surface area (Å²) in [6, 6.07) is -0.200. The minimum Gasteiger partial charge on any atom is -0.481 e. The molecule has 1 aromatic rings. The number of nitrogens with zero attached hydrogens (tertiary/aromatic N) is 3. The lowest BCUT2D eigenvalue weighted by Gasteiger charge is -2.28. The van der Waals surface area contributed by atoms with E-state index in [9.17, 15) is 14.7 Å². The number of carbonyl (C=O) groups is 2. The van der Waals surface area contributed by atoms with Gasteiger partial charge in [-0.1, -0.05) is 5.21 Å². The van der Waals surface area contributed by atoms with Crippen LogP contribution in [0.2, 0.25) is 0 Å². The summed E-state index contributed by atoms with van der Waals surface area (Å²) in [5, 5.41) is 19.7. The highest BCUT2D eigenvalue weighted by Gasteiger charge is 2.51. The third-order valence-corrected chi connectivity index (χ3v) is 4.57. The molecule has 7 nitrogen and oxygen atoms in total. The summed E-state index contributed by atoms with van der Waals surface area (Å²) in [7, 11) is 0. The molecule has 7 heteroatoms. The number of carboxylic acid groups (broad SMARTS) is 1. The van der Waals surface area contributed by atoms with Gasteiger partial charge in [-0.15, -0.1) is 5.10 Å². The second-order valence-corrected chi connectivity index (χ2v) is 5.71. The van der Waals surface area contributed by atoms with Gasteiger partial charge in [-0.05, 0) is 31.1 Å². The predicted octanol–water partition coefficient (Wildman–Crippen LogP) is 0.284. The van der Waals surface area contributed by atoms with E-state index < -0.39 is 11.9 Å². The number of aryl methyl sites for hydroxylation is 1. The van der Waals surface area contributed by atoms with E-state index in [0.29, 0.717) is 18.9 Å². The first-order valence-electron chi connectivity index (χ1n) is 7.01. The maximum Gasteiger partial charge on any atom is 0.308 e. The van der Waals surface area contributed by atoms with E-state index in [1.54, 1.807) is 17.1 Å². The van der Waals surface area contributed by atoms with Gasteiger partial charge in [0.25, 0.3) is 0 Å². The molecule has 1 aromatic heterocycles. The van der Waals surface area contributed by atoms with Gasteiger partial charge in [0.05, 0.1) is 18.7 Å². The SMILES string of the molecule is O=C(CCn1ccnn1)NC1C2CCC(C2)C1C(=O)O. The van der Waals surface area contributed by atoms with Crippen molar-refractivity contribution in [3.05, 3.63) is 12.4 Å². The summed E-state index contributed by atoms with van der Waals surface area (Å²) < 4.78 is 1.59. The summed E-state index contributed by atoms with van der Waals surface area (Å²) in [6.07, 6.45) is 6.50. The Morgan fingerprint density at radius 2 is 2.15 bits per heavy atom. The van der Waals surface area contributed by atoms with Crippen molar-refractivity contribution in [3.63, 3.8) is 0 Å². The Balaban J connectivity index is 1.56. The van der Waals surface area contributed by atoms with Crippen LogP contribution in [0, 0.1) is 17.8 Å². The number of fused-ring (bicyclic) bond motifs is 2. The molecule has 2 N–H and O–H groups in total. The summed E-state index contributed by atoms with van der Waals surface area (Å²) >= 11 is 0. The Morgan fingerprint density at radius 1 is 1.35 bits per heavy atom. The normalized spacial score (nSPS) is 31.4. The predicted molar refractivity (Wildman–Crippen MR) is 68.5 cm³/mol. The minimum absolute atomic E-state index is 0.107. The molecule has 4 atom stereocenters. The van der Waals surface area contributed by atoms with Crippen LogP contribution in [-0.2, 0) is 16.1 Å². The van der Waals surface area contributed by atoms with Gasteiger partial charge in [-0.25, -0.2) is 0 Å². The van der Waals surface area contributed by atoms with E-state index in [1.165, 1.54) is 0 Å². The highest BCUT2D eigenvalue weighted by molar-refractivity contribution is 5.78. The number of amides is 1. The van der Waals surface area contributed by atoms with Gasteiger partial charge in [0.2, 0.25) is 5.91 Å². The average molecular weight is 278 g/mol. The molecule has 20 heavy (non-hydrogen) atoms. The van der Waals surface area contributed by atoms with Crippen LogP contribution in [0.4, 0.5) is 0 Å². The number of nitrogens with one attached hydrogen (secondary N) is 1. The maximum atomic E-state index is 12.0. The van der Waals surface area contributed by atoms with Gasteiger partial charge < -0.3 is 10.4 Å². The topological polar surface area (TPSA) is 97.1 Å². The smallest absolute Gasteiger partial charge is 0.308 e. The summed E-state index contributed by atoms with van der Waals surface area (Å²) in [6.45, 7) is 0.463. The quantitative estimate of drug-likeness (QED) is 0.806. The number of rotatable bonds is 5. The van der Waals surface area contributed by atoms with Crippen LogP contribution in [0.15, 0.2) is 12.4 Å². The second kappa shape index (κ2) is 5.22. The molecule has 0 aromatic carbocycles. The monoisotopic (exact) mass is 278 g/mol. The molecule has 1 heterocycles. The fourth-order valence-corrected chi connectivity index (χ4v) is 3.68. The molecule has 1 amide bonds. The largest absolute Gasteiger partial charge is 0.481 e. The molecule has 0 radical (unpaired) electrons. The Bertz CT molecular complexity index is 502. The zero-order valence-corrected chi connectivity index (χ0v) is 11.1. The van der Waals surface area contributed by atoms with Gasteiger partial charge in [0.15, 0.2) is 0 Å². The van der Waals surface area contributed by atoms with Gasteiger partial charge in [-0.2, -0.15) is 0 Å². The number of aliphatic carboxylic acids is 1. The molecule has 108 valence electrons. The van der Waals surface area contributed by atoms with Crippen LogP contribution in [0.25, 0.3) is 0 Å². The first-order chi connectivity index (χ1) is 9.65. The van der Waals surface area contributed by atoms with E-state index >= 15 is 0 Å². The summed E-state index contributed by atoms with van der Waals surface area (Å²) in [5.41, 5.74) is 0. The minimum atomic E-state index is -0.779. The fraction of sp³-hybridized carbons (Fsp3) is 0.692. The first kappa shape index (κ1) is 13.1. The molecule has 2 saturated carbocycles. The summed E-state index contributed by atoms with van der Waals surface area (Å²) in [5.74, 6) is -0.735. The van der Waals surface area contributed by atoms with E-state index in [1.807, 2.05) is 0 Å². The van der Waals surface area contributed by atoms with Gasteiger partial charge >= 0.3 is 5.97 Å². The number of hydrogen-bond donors (Lipinski definition) is 2. The molecule has 3 rings (SSSR count). The van der Waals surface area contributed by atoms with E-state index in [4.69, 9.17) is 0 Å². The number of carbonyl (C=O) groups excluding carboxylic acids is 1. The standard InChI is InChI=1S/C13H18N4O3/c18-10(3-5-17-6-4-14-16-17)15-12-9-2-1-8(7-9)11(12)13(19)20/h4,6,8-9,11-12H,1-3,5,7H2,(H,15,18)(H,19,20). The van der Waals surface area contributed by atoms with Crippen LogP contribution in [0.3, 0.4) is 0 Å². The van der Waals surface area contributed by atoms with E-state index in [0.717, 1.165) is 19.3 Å². The molecule has 2 bridgehead atoms. The molecular formula is C13H18N4O3. The Labute approximate surface area is 116 Å². The number of aromatic nitrogens is 3. The zero-order valence-electron chi connectivity index (χ0n) is 11.1. The lowest BCUT2D eigenvalue weighted by atomic mass is 9.84. The van der Waals surface area contributed by atoms with Crippen molar-refractivity contribution in [1.29, 1.82) is 0 Å². The third-order valence-electron chi connectivity index (χ3n) is 4.57. The third kappa shape index (κ3) is 2.39. The molecule has 2 aliphatic carbocycles. The van der Waals surface area contributed by atoms with Crippen molar-refractivity contribution in [3.8, 4) is 0 Å². The molecule has 0 aliphatic heterocycles. The van der Waals surface area contributed by atoms with Gasteiger partial charge in [0, 0.05) is 18.7 Å². The lowest BCUT2D eigenvalue weighted by Crippen LogP contribution is -2.47. The van der Waals surface area contributed by atoms with Crippen molar-refractivity contribution in [2.24, 2.45) is 17.8 Å². The highest BCUT2D eigenvalue weighted by atomic mass is 16.4. The number of hydrogen-bond acceptors (Lipinski definition) is 4. The lowest BCUT2D eigenvalue weighted by molar-refractivity contribution is -0.144. The number of carboxylic acids is 1. The Hall–Kier alpha value is -1.92. The van der Waals surface area contributed by atoms with Crippen molar-refractivity contribution in [2.45, 2.75) is 38.3 Å². The fourth-order valence-electron chi connectivity index (χ4n) is 3.68. The van der Waals surface area contributed by atoms with Gasteiger partial charge in [0.1, 0.15) is 0 Å². The van der Waals surface area contributed by atoms with Crippen molar-refractivity contribution in [1.82, 2.24) is 20.3 Å².